The SMILES string of the molecule is O=[N+]([O-])c1cc(CN2CCOc3ccncc32)cc(Cl)c1O. The average Bonchev–Trinajstić information content (AvgIpc) is 2.51. The summed E-state index contributed by atoms with van der Waals surface area (Å²) in [5, 5.41) is 20.6. The van der Waals surface area contributed by atoms with Gasteiger partial charge in [-0.2, -0.15) is 0 Å². The maximum atomic E-state index is 11.0. The number of hydrogen-bond acceptors (Lipinski definition) is 6. The van der Waals surface area contributed by atoms with Gasteiger partial charge in [0.05, 0.1) is 28.4 Å². The molecule has 3 rings (SSSR count). The van der Waals surface area contributed by atoms with Crippen LogP contribution in [0, 0.1) is 10.1 Å². The number of pyridine rings is 1. The van der Waals surface area contributed by atoms with Crippen LogP contribution in [0.4, 0.5) is 11.4 Å². The van der Waals surface area contributed by atoms with Gasteiger partial charge in [0.1, 0.15) is 12.4 Å². The topological polar surface area (TPSA) is 88.7 Å². The molecule has 0 unspecified atom stereocenters. The van der Waals surface area contributed by atoms with E-state index < -0.39 is 16.4 Å². The Kier molecular flexibility index (Phi) is 3.72. The van der Waals surface area contributed by atoms with E-state index in [0.717, 1.165) is 11.4 Å². The quantitative estimate of drug-likeness (QED) is 0.690. The van der Waals surface area contributed by atoms with Crippen LogP contribution in [0.3, 0.4) is 0 Å². The van der Waals surface area contributed by atoms with Crippen molar-refractivity contribution in [3.8, 4) is 11.5 Å². The molecule has 0 atom stereocenters. The van der Waals surface area contributed by atoms with Gasteiger partial charge in [-0.1, -0.05) is 11.6 Å². The molecule has 0 radical (unpaired) electrons. The van der Waals surface area contributed by atoms with Crippen molar-refractivity contribution in [3.63, 3.8) is 0 Å². The lowest BCUT2D eigenvalue weighted by Gasteiger charge is -2.30. The summed E-state index contributed by atoms with van der Waals surface area (Å²) in [4.78, 5) is 16.4. The zero-order valence-electron chi connectivity index (χ0n) is 11.4. The van der Waals surface area contributed by atoms with E-state index >= 15 is 0 Å². The van der Waals surface area contributed by atoms with Crippen LogP contribution in [-0.2, 0) is 6.54 Å². The minimum absolute atomic E-state index is 0.0381. The van der Waals surface area contributed by atoms with E-state index in [4.69, 9.17) is 16.3 Å². The van der Waals surface area contributed by atoms with Crippen molar-refractivity contribution in [2.45, 2.75) is 6.54 Å². The highest BCUT2D eigenvalue weighted by molar-refractivity contribution is 6.32. The first-order valence-corrected chi connectivity index (χ1v) is 6.91. The number of fused-ring (bicyclic) bond motifs is 1. The number of rotatable bonds is 3. The molecular formula is C14H12ClN3O4. The van der Waals surface area contributed by atoms with Crippen molar-refractivity contribution in [2.75, 3.05) is 18.1 Å². The van der Waals surface area contributed by atoms with Crippen LogP contribution in [0.5, 0.6) is 11.5 Å². The Hall–Kier alpha value is -2.54. The summed E-state index contributed by atoms with van der Waals surface area (Å²) in [6.07, 6.45) is 3.33. The largest absolute Gasteiger partial charge is 0.501 e. The molecule has 22 heavy (non-hydrogen) atoms. The summed E-state index contributed by atoms with van der Waals surface area (Å²) in [7, 11) is 0. The molecule has 7 nitrogen and oxygen atoms in total. The highest BCUT2D eigenvalue weighted by Crippen LogP contribution is 2.36. The molecule has 8 heteroatoms. The van der Waals surface area contributed by atoms with E-state index in [0.29, 0.717) is 25.3 Å². The van der Waals surface area contributed by atoms with Crippen LogP contribution in [0.2, 0.25) is 5.02 Å². The standard InChI is InChI=1S/C14H12ClN3O4/c15-10-5-9(6-11(14(10)19)18(20)21)8-17-3-4-22-13-1-2-16-7-12(13)17/h1-2,5-7,19H,3-4,8H2. The normalized spacial score (nSPS) is 13.4. The number of nitro benzene ring substituents is 1. The molecule has 2 heterocycles. The molecule has 114 valence electrons. The number of aromatic nitrogens is 1. The number of nitro groups is 1. The molecule has 0 saturated heterocycles. The fraction of sp³-hybridized carbons (Fsp3) is 0.214. The van der Waals surface area contributed by atoms with Crippen LogP contribution in [-0.4, -0.2) is 28.2 Å². The molecular weight excluding hydrogens is 310 g/mol. The fourth-order valence-electron chi connectivity index (χ4n) is 2.37. The second-order valence-corrected chi connectivity index (χ2v) is 5.22. The van der Waals surface area contributed by atoms with Crippen molar-refractivity contribution < 1.29 is 14.8 Å². The molecule has 0 bridgehead atoms. The van der Waals surface area contributed by atoms with E-state index in [1.54, 1.807) is 18.5 Å². The lowest BCUT2D eigenvalue weighted by atomic mass is 10.1. The smallest absolute Gasteiger partial charge is 0.312 e. The highest BCUT2D eigenvalue weighted by atomic mass is 35.5. The van der Waals surface area contributed by atoms with Gasteiger partial charge in [-0.05, 0) is 11.6 Å². The third kappa shape index (κ3) is 2.62. The number of aromatic hydroxyl groups is 1. The Morgan fingerprint density at radius 2 is 2.32 bits per heavy atom. The Morgan fingerprint density at radius 1 is 1.50 bits per heavy atom. The summed E-state index contributed by atoms with van der Waals surface area (Å²) in [5.41, 5.74) is 1.05. The first kappa shape index (κ1) is 14.4. The van der Waals surface area contributed by atoms with Crippen LogP contribution < -0.4 is 9.64 Å². The number of benzene rings is 1. The molecule has 1 aliphatic heterocycles. The van der Waals surface area contributed by atoms with Gasteiger partial charge in [0.25, 0.3) is 0 Å². The molecule has 0 amide bonds. The third-order valence-electron chi connectivity index (χ3n) is 3.39. The first-order valence-electron chi connectivity index (χ1n) is 6.54. The van der Waals surface area contributed by atoms with Crippen LogP contribution in [0.25, 0.3) is 0 Å². The van der Waals surface area contributed by atoms with E-state index in [-0.39, 0.29) is 5.02 Å². The van der Waals surface area contributed by atoms with Crippen molar-refractivity contribution in [3.05, 3.63) is 51.3 Å². The molecule has 2 aromatic rings. The molecule has 1 aromatic carbocycles. The molecule has 0 fully saturated rings. The summed E-state index contributed by atoms with van der Waals surface area (Å²) in [6, 6.07) is 4.62. The van der Waals surface area contributed by atoms with Crippen LogP contribution in [0.1, 0.15) is 5.56 Å². The zero-order valence-corrected chi connectivity index (χ0v) is 12.2. The van der Waals surface area contributed by atoms with Crippen LogP contribution >= 0.6 is 11.6 Å². The number of halogens is 1. The Balaban J connectivity index is 1.93. The summed E-state index contributed by atoms with van der Waals surface area (Å²) < 4.78 is 5.54. The Bertz CT molecular complexity index is 738. The van der Waals surface area contributed by atoms with Gasteiger partial charge in [0, 0.05) is 24.9 Å². The van der Waals surface area contributed by atoms with Gasteiger partial charge in [0.15, 0.2) is 0 Å². The summed E-state index contributed by atoms with van der Waals surface area (Å²) in [5.74, 6) is 0.208. The lowest BCUT2D eigenvalue weighted by molar-refractivity contribution is -0.385. The van der Waals surface area contributed by atoms with Crippen molar-refractivity contribution in [1.29, 1.82) is 0 Å². The van der Waals surface area contributed by atoms with Gasteiger partial charge < -0.3 is 14.7 Å². The van der Waals surface area contributed by atoms with E-state index in [2.05, 4.69) is 4.98 Å². The average molecular weight is 322 g/mol. The first-order chi connectivity index (χ1) is 10.6. The summed E-state index contributed by atoms with van der Waals surface area (Å²) >= 11 is 5.87. The van der Waals surface area contributed by atoms with Crippen LogP contribution in [0.15, 0.2) is 30.6 Å². The minimum atomic E-state index is -0.653. The van der Waals surface area contributed by atoms with Gasteiger partial charge in [-0.25, -0.2) is 0 Å². The number of nitrogens with zero attached hydrogens (tertiary/aromatic N) is 3. The highest BCUT2D eigenvalue weighted by Gasteiger charge is 2.22. The van der Waals surface area contributed by atoms with Gasteiger partial charge in [0.2, 0.25) is 5.75 Å². The Morgan fingerprint density at radius 3 is 3.09 bits per heavy atom. The minimum Gasteiger partial charge on any atom is -0.501 e. The Labute approximate surface area is 130 Å². The van der Waals surface area contributed by atoms with Gasteiger partial charge in [-0.3, -0.25) is 15.1 Å². The van der Waals surface area contributed by atoms with Crippen molar-refractivity contribution >= 4 is 23.0 Å². The molecule has 1 aromatic heterocycles. The molecule has 0 aliphatic carbocycles. The van der Waals surface area contributed by atoms with Crippen molar-refractivity contribution in [2.24, 2.45) is 0 Å². The predicted octanol–water partition coefficient (Wildman–Crippen LogP) is 2.75. The third-order valence-corrected chi connectivity index (χ3v) is 3.68. The monoisotopic (exact) mass is 321 g/mol. The number of phenolic OH excluding ortho intramolecular Hbond substituents is 1. The van der Waals surface area contributed by atoms with E-state index in [9.17, 15) is 15.2 Å². The maximum absolute atomic E-state index is 11.0. The zero-order chi connectivity index (χ0) is 15.7. The summed E-state index contributed by atoms with van der Waals surface area (Å²) in [6.45, 7) is 1.55. The maximum Gasteiger partial charge on any atom is 0.312 e. The van der Waals surface area contributed by atoms with Gasteiger partial charge in [-0.15, -0.1) is 0 Å². The number of hydrogen-bond donors (Lipinski definition) is 1. The van der Waals surface area contributed by atoms with E-state index in [1.807, 2.05) is 4.90 Å². The number of anilines is 1. The number of phenols is 1. The van der Waals surface area contributed by atoms with Crippen molar-refractivity contribution in [1.82, 2.24) is 4.98 Å². The van der Waals surface area contributed by atoms with E-state index in [1.165, 1.54) is 12.1 Å². The molecule has 1 aliphatic rings. The fourth-order valence-corrected chi connectivity index (χ4v) is 2.61. The second kappa shape index (κ2) is 5.69. The molecule has 1 N–H and O–H groups in total. The molecule has 0 spiro atoms. The molecule has 0 saturated carbocycles. The van der Waals surface area contributed by atoms with Gasteiger partial charge >= 0.3 is 5.69 Å². The lowest BCUT2D eigenvalue weighted by Crippen LogP contribution is -2.32. The second-order valence-electron chi connectivity index (χ2n) is 4.82. The number of ether oxygens (including phenoxy) is 1. The predicted molar refractivity (Wildman–Crippen MR) is 80.6 cm³/mol.